The average Bonchev–Trinajstić information content (AvgIpc) is 2.58. The standard InChI is InChI=1S/C21H22N2O3/c1-13-8-14(2)10-17(9-13)22-20(24)7-4-15-11-16-12-18(26-3)5-6-19(16)23-21(15)25/h5-6,8-12H,4,7H2,1-3H3,(H,22,24)(H,23,25). The number of carbonyl (C=O) groups excluding carboxylic acids is 1. The number of aryl methyl sites for hydroxylation is 3. The maximum absolute atomic E-state index is 12.2. The zero-order valence-electron chi connectivity index (χ0n) is 15.2. The van der Waals surface area contributed by atoms with Crippen LogP contribution in [0.4, 0.5) is 5.69 Å². The highest BCUT2D eigenvalue weighted by Gasteiger charge is 2.08. The maximum atomic E-state index is 12.2. The summed E-state index contributed by atoms with van der Waals surface area (Å²) in [6.07, 6.45) is 0.616. The van der Waals surface area contributed by atoms with Crippen LogP contribution in [-0.2, 0) is 11.2 Å². The van der Waals surface area contributed by atoms with Crippen molar-refractivity contribution in [2.75, 3.05) is 12.4 Å². The Kier molecular flexibility index (Phi) is 5.07. The number of fused-ring (bicyclic) bond motifs is 1. The quantitative estimate of drug-likeness (QED) is 0.737. The monoisotopic (exact) mass is 350 g/mol. The molecule has 0 fully saturated rings. The van der Waals surface area contributed by atoms with Crippen LogP contribution >= 0.6 is 0 Å². The molecule has 0 spiro atoms. The Morgan fingerprint density at radius 2 is 1.81 bits per heavy atom. The minimum Gasteiger partial charge on any atom is -0.497 e. The van der Waals surface area contributed by atoms with Crippen LogP contribution in [0.2, 0.25) is 0 Å². The number of benzene rings is 2. The smallest absolute Gasteiger partial charge is 0.251 e. The van der Waals surface area contributed by atoms with Crippen LogP contribution in [0.1, 0.15) is 23.1 Å². The second kappa shape index (κ2) is 7.44. The third-order valence-electron chi connectivity index (χ3n) is 4.26. The fraction of sp³-hybridized carbons (Fsp3) is 0.238. The molecule has 1 amide bonds. The first kappa shape index (κ1) is 17.7. The number of rotatable bonds is 5. The van der Waals surface area contributed by atoms with Crippen LogP contribution < -0.4 is 15.6 Å². The zero-order valence-corrected chi connectivity index (χ0v) is 15.2. The SMILES string of the molecule is COc1ccc2[nH]c(=O)c(CCC(=O)Nc3cc(C)cc(C)c3)cc2c1. The predicted octanol–water partition coefficient (Wildman–Crippen LogP) is 3.72. The molecule has 3 aromatic rings. The van der Waals surface area contributed by atoms with E-state index in [4.69, 9.17) is 4.74 Å². The van der Waals surface area contributed by atoms with Gasteiger partial charge in [-0.1, -0.05) is 6.07 Å². The Morgan fingerprint density at radius 3 is 2.50 bits per heavy atom. The molecule has 5 heteroatoms. The highest BCUT2D eigenvalue weighted by molar-refractivity contribution is 5.91. The number of H-pyrrole nitrogens is 1. The summed E-state index contributed by atoms with van der Waals surface area (Å²) in [5, 5.41) is 3.78. The molecule has 0 saturated carbocycles. The second-order valence-electron chi connectivity index (χ2n) is 6.50. The minimum absolute atomic E-state index is 0.111. The van der Waals surface area contributed by atoms with Gasteiger partial charge in [0.25, 0.3) is 5.56 Å². The summed E-state index contributed by atoms with van der Waals surface area (Å²) in [5.41, 5.74) is 4.15. The fourth-order valence-electron chi connectivity index (χ4n) is 3.06. The molecule has 0 radical (unpaired) electrons. The van der Waals surface area contributed by atoms with Gasteiger partial charge in [-0.05, 0) is 67.8 Å². The van der Waals surface area contributed by atoms with Gasteiger partial charge < -0.3 is 15.0 Å². The molecule has 0 unspecified atom stereocenters. The number of pyridine rings is 1. The molecule has 0 bridgehead atoms. The summed E-state index contributed by atoms with van der Waals surface area (Å²) < 4.78 is 5.22. The van der Waals surface area contributed by atoms with E-state index in [1.54, 1.807) is 13.2 Å². The highest BCUT2D eigenvalue weighted by Crippen LogP contribution is 2.19. The molecule has 0 atom stereocenters. The molecular weight excluding hydrogens is 328 g/mol. The number of hydrogen-bond acceptors (Lipinski definition) is 3. The number of aromatic amines is 1. The molecule has 1 aromatic heterocycles. The van der Waals surface area contributed by atoms with E-state index in [-0.39, 0.29) is 17.9 Å². The van der Waals surface area contributed by atoms with Gasteiger partial charge in [0, 0.05) is 28.6 Å². The molecule has 1 heterocycles. The first-order valence-corrected chi connectivity index (χ1v) is 8.53. The van der Waals surface area contributed by atoms with E-state index in [0.717, 1.165) is 33.5 Å². The van der Waals surface area contributed by atoms with Crippen LogP contribution in [0, 0.1) is 13.8 Å². The molecule has 26 heavy (non-hydrogen) atoms. The lowest BCUT2D eigenvalue weighted by Gasteiger charge is -2.08. The number of amides is 1. The molecule has 5 nitrogen and oxygen atoms in total. The van der Waals surface area contributed by atoms with Crippen molar-refractivity contribution in [3.63, 3.8) is 0 Å². The molecule has 2 aromatic carbocycles. The van der Waals surface area contributed by atoms with Gasteiger partial charge in [0.2, 0.25) is 5.91 Å². The van der Waals surface area contributed by atoms with Crippen molar-refractivity contribution in [1.82, 2.24) is 4.98 Å². The van der Waals surface area contributed by atoms with E-state index in [9.17, 15) is 9.59 Å². The van der Waals surface area contributed by atoms with Crippen molar-refractivity contribution in [3.05, 3.63) is 69.5 Å². The zero-order chi connectivity index (χ0) is 18.7. The summed E-state index contributed by atoms with van der Waals surface area (Å²) in [6.45, 7) is 3.98. The van der Waals surface area contributed by atoms with Crippen molar-refractivity contribution < 1.29 is 9.53 Å². The fourth-order valence-corrected chi connectivity index (χ4v) is 3.06. The van der Waals surface area contributed by atoms with E-state index in [2.05, 4.69) is 16.4 Å². The highest BCUT2D eigenvalue weighted by atomic mass is 16.5. The summed E-state index contributed by atoms with van der Waals surface area (Å²) in [4.78, 5) is 27.3. The summed E-state index contributed by atoms with van der Waals surface area (Å²) >= 11 is 0. The number of anilines is 1. The lowest BCUT2D eigenvalue weighted by Crippen LogP contribution is -2.17. The van der Waals surface area contributed by atoms with Gasteiger partial charge in [0.05, 0.1) is 7.11 Å². The van der Waals surface area contributed by atoms with Crippen LogP contribution in [-0.4, -0.2) is 18.0 Å². The van der Waals surface area contributed by atoms with E-state index in [0.29, 0.717) is 12.0 Å². The van der Waals surface area contributed by atoms with Crippen molar-refractivity contribution in [2.24, 2.45) is 0 Å². The largest absolute Gasteiger partial charge is 0.497 e. The molecular formula is C21H22N2O3. The molecule has 134 valence electrons. The van der Waals surface area contributed by atoms with Crippen LogP contribution in [0.25, 0.3) is 10.9 Å². The third kappa shape index (κ3) is 4.11. The summed E-state index contributed by atoms with van der Waals surface area (Å²) in [6, 6.07) is 13.2. The number of nitrogens with one attached hydrogen (secondary N) is 2. The molecule has 3 rings (SSSR count). The number of aromatic nitrogens is 1. The number of carbonyl (C=O) groups is 1. The topological polar surface area (TPSA) is 71.2 Å². The van der Waals surface area contributed by atoms with Crippen molar-refractivity contribution in [3.8, 4) is 5.75 Å². The van der Waals surface area contributed by atoms with Gasteiger partial charge in [-0.3, -0.25) is 9.59 Å². The van der Waals surface area contributed by atoms with Gasteiger partial charge in [-0.2, -0.15) is 0 Å². The molecule has 2 N–H and O–H groups in total. The third-order valence-corrected chi connectivity index (χ3v) is 4.26. The Hall–Kier alpha value is -3.08. The lowest BCUT2D eigenvalue weighted by molar-refractivity contribution is -0.116. The maximum Gasteiger partial charge on any atom is 0.251 e. The Morgan fingerprint density at radius 1 is 1.08 bits per heavy atom. The Bertz CT molecular complexity index is 1000. The van der Waals surface area contributed by atoms with Gasteiger partial charge >= 0.3 is 0 Å². The van der Waals surface area contributed by atoms with Gasteiger partial charge in [-0.15, -0.1) is 0 Å². The summed E-state index contributed by atoms with van der Waals surface area (Å²) in [7, 11) is 1.60. The average molecular weight is 350 g/mol. The number of hydrogen-bond donors (Lipinski definition) is 2. The molecule has 0 aliphatic heterocycles. The van der Waals surface area contributed by atoms with E-state index >= 15 is 0 Å². The minimum atomic E-state index is -0.165. The normalized spacial score (nSPS) is 10.7. The van der Waals surface area contributed by atoms with E-state index < -0.39 is 0 Å². The van der Waals surface area contributed by atoms with Crippen molar-refractivity contribution in [1.29, 1.82) is 0 Å². The first-order chi connectivity index (χ1) is 12.4. The van der Waals surface area contributed by atoms with Gasteiger partial charge in [0.15, 0.2) is 0 Å². The first-order valence-electron chi connectivity index (χ1n) is 8.53. The van der Waals surface area contributed by atoms with E-state index in [1.165, 1.54) is 0 Å². The summed E-state index contributed by atoms with van der Waals surface area (Å²) in [5.74, 6) is 0.614. The number of methoxy groups -OCH3 is 1. The second-order valence-corrected chi connectivity index (χ2v) is 6.50. The van der Waals surface area contributed by atoms with Gasteiger partial charge in [-0.25, -0.2) is 0 Å². The van der Waals surface area contributed by atoms with E-state index in [1.807, 2.05) is 44.2 Å². The van der Waals surface area contributed by atoms with Gasteiger partial charge in [0.1, 0.15) is 5.75 Å². The predicted molar refractivity (Wildman–Crippen MR) is 104 cm³/mol. The van der Waals surface area contributed by atoms with Crippen molar-refractivity contribution in [2.45, 2.75) is 26.7 Å². The van der Waals surface area contributed by atoms with Crippen molar-refractivity contribution >= 4 is 22.5 Å². The molecule has 0 aliphatic carbocycles. The van der Waals surface area contributed by atoms with Crippen LogP contribution in [0.15, 0.2) is 47.3 Å². The van der Waals surface area contributed by atoms with Crippen LogP contribution in [0.3, 0.4) is 0 Å². The Labute approximate surface area is 152 Å². The molecule has 0 saturated heterocycles. The molecule has 0 aliphatic rings. The Balaban J connectivity index is 1.73. The lowest BCUT2D eigenvalue weighted by atomic mass is 10.1. The number of ether oxygens (including phenoxy) is 1. The van der Waals surface area contributed by atoms with Crippen LogP contribution in [0.5, 0.6) is 5.75 Å².